The van der Waals surface area contributed by atoms with Crippen molar-refractivity contribution in [2.45, 2.75) is 58.5 Å². The molecular weight excluding hydrogens is 222 g/mol. The van der Waals surface area contributed by atoms with Crippen LogP contribution in [0.2, 0.25) is 0 Å². The first-order valence-electron chi connectivity index (χ1n) is 7.14. The molecule has 0 spiro atoms. The number of phenols is 1. The van der Waals surface area contributed by atoms with E-state index in [9.17, 15) is 5.11 Å². The van der Waals surface area contributed by atoms with E-state index in [1.807, 2.05) is 6.07 Å². The van der Waals surface area contributed by atoms with Crippen molar-refractivity contribution in [3.05, 3.63) is 29.3 Å². The largest absolute Gasteiger partial charge is 0.508 e. The highest BCUT2D eigenvalue weighted by Gasteiger charge is 2.25. The molecule has 0 saturated carbocycles. The highest BCUT2D eigenvalue weighted by atomic mass is 16.3. The van der Waals surface area contributed by atoms with E-state index in [1.165, 1.54) is 18.4 Å². The Balaban J connectivity index is 1.95. The van der Waals surface area contributed by atoms with Crippen LogP contribution in [0.15, 0.2) is 18.2 Å². The first kappa shape index (κ1) is 13.4. The Morgan fingerprint density at radius 2 is 2.06 bits per heavy atom. The smallest absolute Gasteiger partial charge is 0.119 e. The van der Waals surface area contributed by atoms with Gasteiger partial charge in [0.25, 0.3) is 0 Å². The van der Waals surface area contributed by atoms with Gasteiger partial charge in [-0.1, -0.05) is 26.0 Å². The maximum Gasteiger partial charge on any atom is 0.119 e. The quantitative estimate of drug-likeness (QED) is 0.829. The molecule has 1 aliphatic rings. The molecule has 2 heteroatoms. The zero-order chi connectivity index (χ0) is 13.1. The van der Waals surface area contributed by atoms with Crippen LogP contribution in [0.1, 0.15) is 57.2 Å². The van der Waals surface area contributed by atoms with E-state index >= 15 is 0 Å². The normalized spacial score (nSPS) is 20.1. The molecule has 0 bridgehead atoms. The molecule has 2 nitrogen and oxygen atoms in total. The minimum absolute atomic E-state index is 0.425. The van der Waals surface area contributed by atoms with E-state index < -0.39 is 0 Å². The lowest BCUT2D eigenvalue weighted by atomic mass is 10.0. The zero-order valence-electron chi connectivity index (χ0n) is 11.7. The van der Waals surface area contributed by atoms with Crippen molar-refractivity contribution in [3.8, 4) is 5.75 Å². The molecule has 0 fully saturated rings. The molecule has 2 unspecified atom stereocenters. The molecular formula is C16H25NO. The van der Waals surface area contributed by atoms with E-state index in [1.54, 1.807) is 6.07 Å². The monoisotopic (exact) mass is 247 g/mol. The van der Waals surface area contributed by atoms with Crippen molar-refractivity contribution in [1.29, 1.82) is 0 Å². The molecule has 1 aromatic carbocycles. The average molecular weight is 247 g/mol. The van der Waals surface area contributed by atoms with Gasteiger partial charge in [-0.3, -0.25) is 0 Å². The van der Waals surface area contributed by atoms with Crippen molar-refractivity contribution in [2.24, 2.45) is 5.92 Å². The van der Waals surface area contributed by atoms with Crippen LogP contribution < -0.4 is 5.32 Å². The minimum atomic E-state index is 0.425. The summed E-state index contributed by atoms with van der Waals surface area (Å²) in [6, 6.07) is 6.87. The number of aromatic hydroxyl groups is 1. The fraction of sp³-hybridized carbons (Fsp3) is 0.625. The Kier molecular flexibility index (Phi) is 4.28. The molecule has 0 heterocycles. The second kappa shape index (κ2) is 5.75. The van der Waals surface area contributed by atoms with Crippen molar-refractivity contribution in [1.82, 2.24) is 5.32 Å². The van der Waals surface area contributed by atoms with E-state index in [0.29, 0.717) is 17.8 Å². The van der Waals surface area contributed by atoms with Crippen LogP contribution >= 0.6 is 0 Å². The number of fused-ring (bicyclic) bond motifs is 1. The van der Waals surface area contributed by atoms with Gasteiger partial charge in [0.05, 0.1) is 0 Å². The van der Waals surface area contributed by atoms with Gasteiger partial charge >= 0.3 is 0 Å². The van der Waals surface area contributed by atoms with Gasteiger partial charge in [-0.25, -0.2) is 0 Å². The predicted molar refractivity (Wildman–Crippen MR) is 75.8 cm³/mol. The lowest BCUT2D eigenvalue weighted by Crippen LogP contribution is -2.29. The number of nitrogens with one attached hydrogen (secondary N) is 1. The maximum atomic E-state index is 9.83. The van der Waals surface area contributed by atoms with E-state index in [0.717, 1.165) is 24.3 Å². The summed E-state index contributed by atoms with van der Waals surface area (Å²) >= 11 is 0. The van der Waals surface area contributed by atoms with Crippen molar-refractivity contribution >= 4 is 0 Å². The second-order valence-corrected chi connectivity index (χ2v) is 5.98. The maximum absolute atomic E-state index is 9.83. The molecule has 0 aromatic heterocycles. The summed E-state index contributed by atoms with van der Waals surface area (Å²) in [6.45, 7) is 6.81. The molecule has 2 atom stereocenters. The molecule has 0 saturated heterocycles. The predicted octanol–water partition coefficient (Wildman–Crippen LogP) is 3.79. The van der Waals surface area contributed by atoms with Gasteiger partial charge in [0.1, 0.15) is 5.75 Å². The third kappa shape index (κ3) is 3.05. The van der Waals surface area contributed by atoms with Gasteiger partial charge in [0, 0.05) is 12.1 Å². The molecule has 100 valence electrons. The number of benzene rings is 1. The summed E-state index contributed by atoms with van der Waals surface area (Å²) in [7, 11) is 0. The molecule has 2 N–H and O–H groups in total. The SMILES string of the molecule is CC(C)CCC(C)NC1CCc2c(O)cccc21. The summed E-state index contributed by atoms with van der Waals surface area (Å²) in [5.74, 6) is 1.24. The Bertz CT molecular complexity index is 400. The third-order valence-electron chi connectivity index (χ3n) is 3.91. The highest BCUT2D eigenvalue weighted by molar-refractivity contribution is 5.44. The van der Waals surface area contributed by atoms with Crippen LogP contribution in [-0.4, -0.2) is 11.1 Å². The van der Waals surface area contributed by atoms with Gasteiger partial charge in [-0.05, 0) is 55.7 Å². The number of phenolic OH excluding ortho intramolecular Hbond substituents is 1. The summed E-state index contributed by atoms with van der Waals surface area (Å²) in [4.78, 5) is 0. The van der Waals surface area contributed by atoms with Crippen molar-refractivity contribution in [3.63, 3.8) is 0 Å². The van der Waals surface area contributed by atoms with Crippen LogP contribution in [0.3, 0.4) is 0 Å². The molecule has 0 amide bonds. The zero-order valence-corrected chi connectivity index (χ0v) is 11.7. The summed E-state index contributed by atoms with van der Waals surface area (Å²) in [5.41, 5.74) is 2.44. The molecule has 0 aliphatic heterocycles. The van der Waals surface area contributed by atoms with E-state index in [-0.39, 0.29) is 0 Å². The fourth-order valence-electron chi connectivity index (χ4n) is 2.82. The van der Waals surface area contributed by atoms with Gasteiger partial charge in [0.2, 0.25) is 0 Å². The number of hydrogen-bond donors (Lipinski definition) is 2. The van der Waals surface area contributed by atoms with Crippen LogP contribution in [0, 0.1) is 5.92 Å². The first-order chi connectivity index (χ1) is 8.58. The van der Waals surface area contributed by atoms with E-state index in [4.69, 9.17) is 0 Å². The number of hydrogen-bond acceptors (Lipinski definition) is 2. The Morgan fingerprint density at radius 1 is 1.28 bits per heavy atom. The fourth-order valence-corrected chi connectivity index (χ4v) is 2.82. The van der Waals surface area contributed by atoms with Crippen molar-refractivity contribution in [2.75, 3.05) is 0 Å². The van der Waals surface area contributed by atoms with Crippen LogP contribution in [0.4, 0.5) is 0 Å². The summed E-state index contributed by atoms with van der Waals surface area (Å²) in [5, 5.41) is 13.5. The highest BCUT2D eigenvalue weighted by Crippen LogP contribution is 2.36. The Morgan fingerprint density at radius 3 is 2.78 bits per heavy atom. The average Bonchev–Trinajstić information content (AvgIpc) is 2.72. The van der Waals surface area contributed by atoms with Crippen LogP contribution in [0.25, 0.3) is 0 Å². The van der Waals surface area contributed by atoms with Gasteiger partial charge in [-0.15, -0.1) is 0 Å². The lowest BCUT2D eigenvalue weighted by molar-refractivity contribution is 0.402. The summed E-state index contributed by atoms with van der Waals surface area (Å²) < 4.78 is 0. The second-order valence-electron chi connectivity index (χ2n) is 5.98. The third-order valence-corrected chi connectivity index (χ3v) is 3.91. The minimum Gasteiger partial charge on any atom is -0.508 e. The summed E-state index contributed by atoms with van der Waals surface area (Å²) in [6.07, 6.45) is 4.60. The molecule has 2 rings (SSSR count). The van der Waals surface area contributed by atoms with Gasteiger partial charge in [0.15, 0.2) is 0 Å². The molecule has 0 radical (unpaired) electrons. The van der Waals surface area contributed by atoms with Gasteiger partial charge in [-0.2, -0.15) is 0 Å². The number of rotatable bonds is 5. The Labute approximate surface area is 110 Å². The van der Waals surface area contributed by atoms with Crippen molar-refractivity contribution < 1.29 is 5.11 Å². The topological polar surface area (TPSA) is 32.3 Å². The lowest BCUT2D eigenvalue weighted by Gasteiger charge is -2.21. The molecule has 18 heavy (non-hydrogen) atoms. The standard InChI is InChI=1S/C16H25NO/c1-11(2)7-8-12(3)17-15-10-9-14-13(15)5-4-6-16(14)18/h4-6,11-12,15,17-18H,7-10H2,1-3H3. The first-order valence-corrected chi connectivity index (χ1v) is 7.14. The van der Waals surface area contributed by atoms with E-state index in [2.05, 4.69) is 32.2 Å². The molecule has 1 aliphatic carbocycles. The Hall–Kier alpha value is -1.02. The molecule has 1 aromatic rings. The van der Waals surface area contributed by atoms with Crippen LogP contribution in [-0.2, 0) is 6.42 Å². The van der Waals surface area contributed by atoms with Gasteiger partial charge < -0.3 is 10.4 Å². The van der Waals surface area contributed by atoms with Crippen LogP contribution in [0.5, 0.6) is 5.75 Å².